The Balaban J connectivity index is 2.38. The van der Waals surface area contributed by atoms with Gasteiger partial charge in [-0.3, -0.25) is 4.72 Å². The monoisotopic (exact) mass is 441 g/mol. The molecule has 0 saturated carbocycles. The number of sulfonamides is 1. The molecule has 0 aliphatic carbocycles. The molecule has 21 heavy (non-hydrogen) atoms. The van der Waals surface area contributed by atoms with Gasteiger partial charge in [-0.15, -0.1) is 0 Å². The lowest BCUT2D eigenvalue weighted by molar-refractivity contribution is 0.275. The smallest absolute Gasteiger partial charge is 0.261 e. The Morgan fingerprint density at radius 3 is 2.57 bits per heavy atom. The maximum Gasteiger partial charge on any atom is 0.261 e. The summed E-state index contributed by atoms with van der Waals surface area (Å²) in [4.78, 5) is -0.150. The van der Waals surface area contributed by atoms with E-state index in [9.17, 15) is 12.8 Å². The summed E-state index contributed by atoms with van der Waals surface area (Å²) in [5, 5.41) is 9.26. The van der Waals surface area contributed by atoms with Gasteiger partial charge < -0.3 is 5.11 Å². The zero-order valence-electron chi connectivity index (χ0n) is 10.5. The van der Waals surface area contributed by atoms with E-state index in [1.165, 1.54) is 6.07 Å². The third kappa shape index (κ3) is 3.85. The van der Waals surface area contributed by atoms with Crippen molar-refractivity contribution >= 4 is 49.9 Å². The average Bonchev–Trinajstić information content (AvgIpc) is 2.42. The Hall–Kier alpha value is -0.900. The van der Waals surface area contributed by atoms with E-state index in [0.29, 0.717) is 0 Å². The van der Waals surface area contributed by atoms with E-state index >= 15 is 0 Å². The summed E-state index contributed by atoms with van der Waals surface area (Å²) in [6.07, 6.45) is 0. The van der Waals surface area contributed by atoms with Gasteiger partial charge in [-0.1, -0.05) is 11.6 Å². The molecule has 0 aliphatic heterocycles. The number of benzene rings is 2. The number of rotatable bonds is 4. The highest BCUT2D eigenvalue weighted by Crippen LogP contribution is 2.26. The third-order valence-corrected chi connectivity index (χ3v) is 5.02. The lowest BCUT2D eigenvalue weighted by atomic mass is 10.2. The van der Waals surface area contributed by atoms with E-state index in [2.05, 4.69) is 27.3 Å². The van der Waals surface area contributed by atoms with Crippen LogP contribution in [0, 0.1) is 9.39 Å². The second kappa shape index (κ2) is 6.47. The largest absolute Gasteiger partial charge is 0.392 e. The Kier molecular flexibility index (Phi) is 5.07. The number of aliphatic hydroxyl groups is 1. The highest BCUT2D eigenvalue weighted by atomic mass is 127. The molecule has 0 bridgehead atoms. The lowest BCUT2D eigenvalue weighted by Gasteiger charge is -2.11. The first kappa shape index (κ1) is 16.5. The van der Waals surface area contributed by atoms with Crippen LogP contribution >= 0.6 is 34.2 Å². The summed E-state index contributed by atoms with van der Waals surface area (Å²) in [5.74, 6) is -0.663. The summed E-state index contributed by atoms with van der Waals surface area (Å²) in [7, 11) is -3.91. The molecule has 2 rings (SSSR count). The number of anilines is 1. The standard InChI is InChI=1S/C13H10ClFINO3S/c14-11-6-9(16)1-4-13(11)17-21(19,20)10-2-3-12(15)8(5-10)7-18/h1-6,17-18H,7H2. The molecule has 112 valence electrons. The van der Waals surface area contributed by atoms with Crippen molar-refractivity contribution in [1.82, 2.24) is 0 Å². The van der Waals surface area contributed by atoms with Crippen LogP contribution in [0.5, 0.6) is 0 Å². The first-order valence-electron chi connectivity index (χ1n) is 5.70. The normalized spacial score (nSPS) is 11.4. The molecule has 0 saturated heterocycles. The highest BCUT2D eigenvalue weighted by molar-refractivity contribution is 14.1. The van der Waals surface area contributed by atoms with Gasteiger partial charge in [-0.25, -0.2) is 12.8 Å². The van der Waals surface area contributed by atoms with Crippen LogP contribution in [0.4, 0.5) is 10.1 Å². The Morgan fingerprint density at radius 1 is 1.24 bits per heavy atom. The van der Waals surface area contributed by atoms with Gasteiger partial charge in [-0.2, -0.15) is 0 Å². The molecule has 0 amide bonds. The van der Waals surface area contributed by atoms with Gasteiger partial charge in [0, 0.05) is 9.13 Å². The van der Waals surface area contributed by atoms with Gasteiger partial charge in [0.2, 0.25) is 0 Å². The van der Waals surface area contributed by atoms with E-state index in [-0.39, 0.29) is 21.2 Å². The average molecular weight is 442 g/mol. The molecule has 0 unspecified atom stereocenters. The molecular formula is C13H10ClFINO3S. The zero-order chi connectivity index (χ0) is 15.6. The van der Waals surface area contributed by atoms with Crippen molar-refractivity contribution in [3.05, 3.63) is 56.4 Å². The molecular weight excluding hydrogens is 432 g/mol. The predicted octanol–water partition coefficient (Wildman–Crippen LogP) is 3.38. The number of halogens is 3. The zero-order valence-corrected chi connectivity index (χ0v) is 14.2. The van der Waals surface area contributed by atoms with Gasteiger partial charge >= 0.3 is 0 Å². The number of nitrogens with one attached hydrogen (secondary N) is 1. The molecule has 0 heterocycles. The van der Waals surface area contributed by atoms with Gasteiger partial charge in [0.15, 0.2) is 0 Å². The van der Waals surface area contributed by atoms with Crippen LogP contribution in [-0.2, 0) is 16.6 Å². The fourth-order valence-corrected chi connectivity index (χ4v) is 3.70. The summed E-state index contributed by atoms with van der Waals surface area (Å²) >= 11 is 8.03. The minimum absolute atomic E-state index is 0.0911. The van der Waals surface area contributed by atoms with Crippen LogP contribution in [0.2, 0.25) is 5.02 Å². The molecule has 2 aromatic carbocycles. The lowest BCUT2D eigenvalue weighted by Crippen LogP contribution is -2.14. The van der Waals surface area contributed by atoms with Gasteiger partial charge in [0.05, 0.1) is 22.2 Å². The van der Waals surface area contributed by atoms with Crippen LogP contribution in [0.15, 0.2) is 41.3 Å². The van der Waals surface area contributed by atoms with Crippen LogP contribution < -0.4 is 4.72 Å². The first-order valence-corrected chi connectivity index (χ1v) is 8.64. The Labute approximate surface area is 140 Å². The van der Waals surface area contributed by atoms with Gasteiger partial charge in [-0.05, 0) is 59.0 Å². The Morgan fingerprint density at radius 2 is 1.95 bits per heavy atom. The summed E-state index contributed by atoms with van der Waals surface area (Å²) < 4.78 is 41.0. The van der Waals surface area contributed by atoms with Crippen LogP contribution in [0.1, 0.15) is 5.56 Å². The fraction of sp³-hybridized carbons (Fsp3) is 0.0769. The van der Waals surface area contributed by atoms with Gasteiger partial charge in [0.25, 0.3) is 10.0 Å². The van der Waals surface area contributed by atoms with Crippen molar-refractivity contribution in [2.45, 2.75) is 11.5 Å². The van der Waals surface area contributed by atoms with Crippen LogP contribution in [0.3, 0.4) is 0 Å². The van der Waals surface area contributed by atoms with Crippen molar-refractivity contribution in [1.29, 1.82) is 0 Å². The van der Waals surface area contributed by atoms with Crippen LogP contribution in [0.25, 0.3) is 0 Å². The van der Waals surface area contributed by atoms with Crippen molar-refractivity contribution < 1.29 is 17.9 Å². The molecule has 2 aromatic rings. The second-order valence-corrected chi connectivity index (χ2v) is 7.48. The van der Waals surface area contributed by atoms with Crippen molar-refractivity contribution in [2.75, 3.05) is 4.72 Å². The van der Waals surface area contributed by atoms with E-state index < -0.39 is 22.4 Å². The molecule has 4 nitrogen and oxygen atoms in total. The number of hydrogen-bond acceptors (Lipinski definition) is 3. The summed E-state index contributed by atoms with van der Waals surface area (Å²) in [5.41, 5.74) is 0.138. The minimum atomic E-state index is -3.91. The molecule has 0 fully saturated rings. The van der Waals surface area contributed by atoms with Crippen LogP contribution in [-0.4, -0.2) is 13.5 Å². The molecule has 0 aliphatic rings. The molecule has 8 heteroatoms. The molecule has 0 aromatic heterocycles. The number of aliphatic hydroxyl groups excluding tert-OH is 1. The molecule has 0 atom stereocenters. The van der Waals surface area contributed by atoms with E-state index in [1.807, 2.05) is 0 Å². The fourth-order valence-electron chi connectivity index (χ4n) is 1.62. The van der Waals surface area contributed by atoms with Crippen molar-refractivity contribution in [2.24, 2.45) is 0 Å². The maximum absolute atomic E-state index is 13.3. The molecule has 0 radical (unpaired) electrons. The SMILES string of the molecule is O=S(=O)(Nc1ccc(I)cc1Cl)c1ccc(F)c(CO)c1. The molecule has 2 N–H and O–H groups in total. The van der Waals surface area contributed by atoms with E-state index in [1.54, 1.807) is 12.1 Å². The predicted molar refractivity (Wildman–Crippen MR) is 87.3 cm³/mol. The minimum Gasteiger partial charge on any atom is -0.392 e. The second-order valence-electron chi connectivity index (χ2n) is 4.14. The topological polar surface area (TPSA) is 66.4 Å². The number of hydrogen-bond donors (Lipinski definition) is 2. The van der Waals surface area contributed by atoms with Crippen molar-refractivity contribution in [3.8, 4) is 0 Å². The van der Waals surface area contributed by atoms with Crippen molar-refractivity contribution in [3.63, 3.8) is 0 Å². The maximum atomic E-state index is 13.3. The molecule has 0 spiro atoms. The third-order valence-electron chi connectivity index (χ3n) is 2.67. The highest BCUT2D eigenvalue weighted by Gasteiger charge is 2.17. The Bertz CT molecular complexity index is 783. The van der Waals surface area contributed by atoms with E-state index in [4.69, 9.17) is 16.7 Å². The summed E-state index contributed by atoms with van der Waals surface area (Å²) in [6, 6.07) is 8.06. The quantitative estimate of drug-likeness (QED) is 0.715. The van der Waals surface area contributed by atoms with Gasteiger partial charge in [0.1, 0.15) is 5.82 Å². The summed E-state index contributed by atoms with van der Waals surface area (Å²) in [6.45, 7) is -0.584. The first-order chi connectivity index (χ1) is 9.83. The van der Waals surface area contributed by atoms with E-state index in [0.717, 1.165) is 21.8 Å².